The molecule has 5 heteroatoms. The number of carbonyl (C=O) groups is 1. The van der Waals surface area contributed by atoms with E-state index in [2.05, 4.69) is 24.1 Å². The Balaban J connectivity index is 2.12. The van der Waals surface area contributed by atoms with Crippen molar-refractivity contribution in [3.63, 3.8) is 0 Å². The van der Waals surface area contributed by atoms with Gasteiger partial charge >= 0.3 is 5.97 Å². The van der Waals surface area contributed by atoms with Crippen molar-refractivity contribution in [2.45, 2.75) is 29.6 Å². The summed E-state index contributed by atoms with van der Waals surface area (Å²) in [6, 6.07) is 12.2. The van der Waals surface area contributed by atoms with Gasteiger partial charge in [-0.15, -0.1) is 0 Å². The molecule has 0 fully saturated rings. The third kappa shape index (κ3) is 4.17. The third-order valence-corrected chi connectivity index (χ3v) is 5.47. The highest BCUT2D eigenvalue weighted by Gasteiger charge is 2.23. The van der Waals surface area contributed by atoms with Crippen LogP contribution in [-0.4, -0.2) is 38.1 Å². The lowest BCUT2D eigenvalue weighted by Gasteiger charge is -2.19. The highest BCUT2D eigenvalue weighted by Crippen LogP contribution is 2.45. The molecule has 0 amide bonds. The van der Waals surface area contributed by atoms with Gasteiger partial charge < -0.3 is 14.4 Å². The summed E-state index contributed by atoms with van der Waals surface area (Å²) < 4.78 is 11.1. The fourth-order valence-electron chi connectivity index (χ4n) is 3.07. The second kappa shape index (κ2) is 7.93. The number of carbonyl (C=O) groups excluding carboxylic acids is 1. The number of benzene rings is 2. The lowest BCUT2D eigenvalue weighted by Crippen LogP contribution is -2.20. The van der Waals surface area contributed by atoms with Gasteiger partial charge in [-0.2, -0.15) is 0 Å². The summed E-state index contributed by atoms with van der Waals surface area (Å²) in [5.74, 6) is 0.823. The van der Waals surface area contributed by atoms with Crippen molar-refractivity contribution in [3.05, 3.63) is 47.5 Å². The van der Waals surface area contributed by atoms with Crippen LogP contribution < -0.4 is 9.47 Å². The number of rotatable bonds is 4. The number of fused-ring (bicyclic) bond motifs is 1. The molecule has 0 spiro atoms. The first-order chi connectivity index (χ1) is 12.1. The molecule has 0 N–H and O–H groups in total. The van der Waals surface area contributed by atoms with Crippen LogP contribution in [0.25, 0.3) is 0 Å². The van der Waals surface area contributed by atoms with E-state index in [0.717, 1.165) is 35.7 Å². The van der Waals surface area contributed by atoms with E-state index < -0.39 is 0 Å². The Kier molecular flexibility index (Phi) is 5.66. The topological polar surface area (TPSA) is 38.8 Å². The van der Waals surface area contributed by atoms with Crippen LogP contribution in [0.2, 0.25) is 0 Å². The first-order valence-corrected chi connectivity index (χ1v) is 9.22. The molecule has 4 nitrogen and oxygen atoms in total. The molecule has 0 aliphatic carbocycles. The van der Waals surface area contributed by atoms with E-state index >= 15 is 0 Å². The van der Waals surface area contributed by atoms with Crippen molar-refractivity contribution >= 4 is 17.7 Å². The number of ether oxygens (including phenoxy) is 2. The van der Waals surface area contributed by atoms with Gasteiger partial charge in [0.15, 0.2) is 11.5 Å². The predicted molar refractivity (Wildman–Crippen MR) is 99.8 cm³/mol. The first kappa shape index (κ1) is 17.8. The van der Waals surface area contributed by atoms with Crippen molar-refractivity contribution in [1.29, 1.82) is 0 Å². The van der Waals surface area contributed by atoms with Crippen molar-refractivity contribution in [3.8, 4) is 11.5 Å². The zero-order valence-electron chi connectivity index (χ0n) is 14.9. The van der Waals surface area contributed by atoms with E-state index in [1.807, 2.05) is 24.3 Å². The fourth-order valence-corrected chi connectivity index (χ4v) is 4.23. The Bertz CT molecular complexity index is 761. The largest absolute Gasteiger partial charge is 0.492 e. The molecule has 0 radical (unpaired) electrons. The molecular weight excluding hydrogens is 334 g/mol. The summed E-state index contributed by atoms with van der Waals surface area (Å²) in [5.41, 5.74) is 2.53. The fraction of sp³-hybridized carbons (Fsp3) is 0.350. The molecule has 0 saturated carbocycles. The van der Waals surface area contributed by atoms with Crippen LogP contribution >= 0.6 is 11.8 Å². The van der Waals surface area contributed by atoms with E-state index in [1.54, 1.807) is 18.9 Å². The average molecular weight is 357 g/mol. The molecule has 0 atom stereocenters. The van der Waals surface area contributed by atoms with Gasteiger partial charge in [0.25, 0.3) is 0 Å². The van der Waals surface area contributed by atoms with Gasteiger partial charge in [-0.05, 0) is 49.2 Å². The summed E-state index contributed by atoms with van der Waals surface area (Å²) >= 11 is 1.67. The number of hydrogen-bond acceptors (Lipinski definition) is 5. The zero-order valence-corrected chi connectivity index (χ0v) is 15.7. The molecule has 2 aromatic rings. The molecule has 1 aliphatic heterocycles. The van der Waals surface area contributed by atoms with Crippen molar-refractivity contribution in [1.82, 2.24) is 4.90 Å². The summed E-state index contributed by atoms with van der Waals surface area (Å²) in [4.78, 5) is 16.1. The number of esters is 1. The SMILES string of the molecule is COc1c(OC(C)=O)cc2c(c1Sc1ccccc1)CCN(C)CC2. The summed E-state index contributed by atoms with van der Waals surface area (Å²) in [7, 11) is 3.77. The quantitative estimate of drug-likeness (QED) is 0.615. The van der Waals surface area contributed by atoms with E-state index in [9.17, 15) is 4.79 Å². The summed E-state index contributed by atoms with van der Waals surface area (Å²) in [5, 5.41) is 0. The number of likely N-dealkylation sites (N-methyl/N-ethyl adjacent to an activating group) is 1. The maximum Gasteiger partial charge on any atom is 0.308 e. The maximum absolute atomic E-state index is 11.5. The van der Waals surface area contributed by atoms with E-state index in [-0.39, 0.29) is 5.97 Å². The summed E-state index contributed by atoms with van der Waals surface area (Å²) in [6.45, 7) is 3.42. The van der Waals surface area contributed by atoms with E-state index in [4.69, 9.17) is 9.47 Å². The average Bonchev–Trinajstić information content (AvgIpc) is 2.77. The van der Waals surface area contributed by atoms with Crippen LogP contribution in [0.15, 0.2) is 46.2 Å². The molecule has 25 heavy (non-hydrogen) atoms. The molecule has 1 heterocycles. The lowest BCUT2D eigenvalue weighted by molar-refractivity contribution is -0.132. The normalized spacial score (nSPS) is 14.5. The molecule has 132 valence electrons. The molecule has 2 aromatic carbocycles. The van der Waals surface area contributed by atoms with Crippen LogP contribution in [0.1, 0.15) is 18.1 Å². The molecule has 3 rings (SSSR count). The van der Waals surface area contributed by atoms with Crippen LogP contribution in [0.5, 0.6) is 11.5 Å². The van der Waals surface area contributed by atoms with Gasteiger partial charge in [0, 0.05) is 24.9 Å². The Morgan fingerprint density at radius 1 is 1.16 bits per heavy atom. The second-order valence-corrected chi connectivity index (χ2v) is 7.27. The maximum atomic E-state index is 11.5. The van der Waals surface area contributed by atoms with Gasteiger partial charge in [-0.25, -0.2) is 0 Å². The van der Waals surface area contributed by atoms with Crippen molar-refractivity contribution in [2.75, 3.05) is 27.2 Å². The Labute approximate surface area is 153 Å². The molecule has 0 bridgehead atoms. The molecule has 1 aliphatic rings. The minimum absolute atomic E-state index is 0.334. The van der Waals surface area contributed by atoms with E-state index in [0.29, 0.717) is 11.5 Å². The van der Waals surface area contributed by atoms with Crippen molar-refractivity contribution < 1.29 is 14.3 Å². The Morgan fingerprint density at radius 3 is 2.56 bits per heavy atom. The van der Waals surface area contributed by atoms with Gasteiger partial charge in [-0.3, -0.25) is 4.79 Å². The minimum atomic E-state index is -0.334. The van der Waals surface area contributed by atoms with Crippen LogP contribution in [-0.2, 0) is 17.6 Å². The molecule has 0 saturated heterocycles. The summed E-state index contributed by atoms with van der Waals surface area (Å²) in [6.07, 6.45) is 1.89. The van der Waals surface area contributed by atoms with Crippen molar-refractivity contribution in [2.24, 2.45) is 0 Å². The highest BCUT2D eigenvalue weighted by atomic mass is 32.2. The standard InChI is InChI=1S/C20H23NO3S/c1-14(22)24-18-13-15-9-11-21(2)12-10-17(15)20(19(18)23-3)25-16-7-5-4-6-8-16/h4-8,13H,9-12H2,1-3H3. The molecular formula is C20H23NO3S. The third-order valence-electron chi connectivity index (χ3n) is 4.32. The monoisotopic (exact) mass is 357 g/mol. The number of hydrogen-bond donors (Lipinski definition) is 0. The van der Waals surface area contributed by atoms with Gasteiger partial charge in [0.05, 0.1) is 12.0 Å². The van der Waals surface area contributed by atoms with E-state index in [1.165, 1.54) is 18.1 Å². The number of methoxy groups -OCH3 is 1. The Hall–Kier alpha value is -1.98. The van der Waals surface area contributed by atoms with Crippen LogP contribution in [0.3, 0.4) is 0 Å². The number of nitrogens with zero attached hydrogens (tertiary/aromatic N) is 1. The second-order valence-electron chi connectivity index (χ2n) is 6.19. The zero-order chi connectivity index (χ0) is 17.8. The van der Waals surface area contributed by atoms with Gasteiger partial charge in [0.2, 0.25) is 0 Å². The highest BCUT2D eigenvalue weighted by molar-refractivity contribution is 7.99. The van der Waals surface area contributed by atoms with Crippen LogP contribution in [0.4, 0.5) is 0 Å². The molecule has 0 unspecified atom stereocenters. The molecule has 0 aromatic heterocycles. The first-order valence-electron chi connectivity index (χ1n) is 8.41. The Morgan fingerprint density at radius 2 is 1.88 bits per heavy atom. The smallest absolute Gasteiger partial charge is 0.308 e. The minimum Gasteiger partial charge on any atom is -0.492 e. The lowest BCUT2D eigenvalue weighted by atomic mass is 10.0. The predicted octanol–water partition coefficient (Wildman–Crippen LogP) is 3.80. The van der Waals surface area contributed by atoms with Gasteiger partial charge in [-0.1, -0.05) is 30.0 Å². The van der Waals surface area contributed by atoms with Gasteiger partial charge in [0.1, 0.15) is 0 Å². The van der Waals surface area contributed by atoms with Crippen LogP contribution in [0, 0.1) is 0 Å².